The number of carboxylic acid groups (broad SMARTS) is 2. The first-order chi connectivity index (χ1) is 25.9. The van der Waals surface area contributed by atoms with E-state index in [0.717, 1.165) is 51.3 Å². The Kier molecular flexibility index (Phi) is 44.6. The van der Waals surface area contributed by atoms with Gasteiger partial charge in [0.15, 0.2) is 0 Å². The molecular weight excluding hydrogens is 891 g/mol. The molecule has 0 saturated heterocycles. The van der Waals surface area contributed by atoms with Crippen LogP contribution in [0.3, 0.4) is 0 Å². The van der Waals surface area contributed by atoms with E-state index in [0.29, 0.717) is 19.4 Å². The molecule has 1 unspecified atom stereocenters. The lowest BCUT2D eigenvalue weighted by molar-refractivity contribution is -0.138. The smallest absolute Gasteiger partial charge is 0.303 e. The van der Waals surface area contributed by atoms with Gasteiger partial charge in [-0.3, -0.25) is 9.59 Å². The molecule has 0 aliphatic rings. The Morgan fingerprint density at radius 2 is 0.759 bits per heavy atom. The third kappa shape index (κ3) is 40.1. The molecule has 3 aromatic carbocycles. The number of aliphatic hydroxyl groups is 1. The number of halogens is 3. The number of benzene rings is 3. The van der Waals surface area contributed by atoms with Crippen molar-refractivity contribution in [3.63, 3.8) is 0 Å². The van der Waals surface area contributed by atoms with Crippen molar-refractivity contribution in [3.05, 3.63) is 91.0 Å². The number of hydrogen-bond acceptors (Lipinski definition) is 3. The first kappa shape index (κ1) is 54.5. The molecule has 0 aliphatic carbocycles. The summed E-state index contributed by atoms with van der Waals surface area (Å²) in [5.41, 5.74) is 2.55. The number of carbonyl (C=O) groups is 2. The van der Waals surface area contributed by atoms with Crippen LogP contribution in [0.5, 0.6) is 0 Å². The maximum absolute atomic E-state index is 10.3. The Morgan fingerprint density at radius 3 is 1.11 bits per heavy atom. The van der Waals surface area contributed by atoms with E-state index in [9.17, 15) is 9.59 Å². The number of hydrogen-bond donors (Lipinski definition) is 3. The third-order valence-electron chi connectivity index (χ3n) is 8.37. The van der Waals surface area contributed by atoms with E-state index in [2.05, 4.69) is 111 Å². The molecule has 54 heavy (non-hydrogen) atoms. The fourth-order valence-electron chi connectivity index (χ4n) is 5.33. The van der Waals surface area contributed by atoms with Crippen LogP contribution in [0.25, 0.3) is 11.1 Å². The van der Waals surface area contributed by atoms with Crippen LogP contribution < -0.4 is 5.30 Å². The van der Waals surface area contributed by atoms with Crippen molar-refractivity contribution in [1.29, 1.82) is 0 Å². The van der Waals surface area contributed by atoms with Crippen molar-refractivity contribution in [2.45, 2.75) is 135 Å². The monoisotopic (exact) mass is 958 g/mol. The zero-order valence-electron chi connectivity index (χ0n) is 32.7. The number of rotatable bonds is 27. The van der Waals surface area contributed by atoms with E-state index in [1.165, 1.54) is 112 Å². The van der Waals surface area contributed by atoms with Crippen LogP contribution >= 0.6 is 57.4 Å². The lowest BCUT2D eigenvalue weighted by Crippen LogP contribution is -1.94. The molecule has 0 aliphatic heterocycles. The van der Waals surface area contributed by atoms with Crippen LogP contribution in [-0.2, 0) is 9.59 Å². The van der Waals surface area contributed by atoms with Crippen LogP contribution in [0.1, 0.15) is 135 Å². The number of alkyl halides is 2. The molecule has 9 heteroatoms. The molecule has 5 nitrogen and oxygen atoms in total. The van der Waals surface area contributed by atoms with Gasteiger partial charge in [-0.25, -0.2) is 0 Å². The molecule has 0 amide bonds. The summed E-state index contributed by atoms with van der Waals surface area (Å²) in [6.07, 6.45) is 24.5. The average molecular weight is 962 g/mol. The molecule has 0 fully saturated rings. The van der Waals surface area contributed by atoms with E-state index in [1.807, 2.05) is 12.1 Å². The Bertz CT molecular complexity index is 1140. The van der Waals surface area contributed by atoms with Gasteiger partial charge in [0.1, 0.15) is 0 Å². The lowest BCUT2D eigenvalue weighted by Gasteiger charge is -2.02. The second-order valence-corrected chi connectivity index (χ2v) is 16.1. The minimum absolute atomic E-state index is 0. The zero-order chi connectivity index (χ0) is 38.9. The summed E-state index contributed by atoms with van der Waals surface area (Å²) in [7, 11) is 0.936. The predicted octanol–water partition coefficient (Wildman–Crippen LogP) is 14.0. The van der Waals surface area contributed by atoms with Crippen LogP contribution in [0.15, 0.2) is 91.0 Å². The Labute approximate surface area is 357 Å². The maximum atomic E-state index is 10.3. The second kappa shape index (κ2) is 44.1. The first-order valence-electron chi connectivity index (χ1n) is 20.0. The summed E-state index contributed by atoms with van der Waals surface area (Å²) in [4.78, 5) is 20.4. The van der Waals surface area contributed by atoms with Crippen molar-refractivity contribution in [1.82, 2.24) is 0 Å². The fourth-order valence-corrected chi connectivity index (χ4v) is 7.26. The van der Waals surface area contributed by atoms with Crippen molar-refractivity contribution in [3.8, 4) is 11.1 Å². The number of unbranched alkanes of at least 4 members (excludes halogenated alkanes) is 16. The van der Waals surface area contributed by atoms with Gasteiger partial charge in [0.2, 0.25) is 0 Å². The largest absolute Gasteiger partial charge is 0.481 e. The molecule has 0 bridgehead atoms. The molecule has 0 heterocycles. The minimum Gasteiger partial charge on any atom is -0.481 e. The number of aliphatic hydroxyl groups excluding tert-OH is 1. The van der Waals surface area contributed by atoms with Gasteiger partial charge in [-0.05, 0) is 61.1 Å². The highest BCUT2D eigenvalue weighted by molar-refractivity contribution is 9.09. The van der Waals surface area contributed by atoms with E-state index in [4.69, 9.17) is 15.3 Å². The third-order valence-corrected chi connectivity index (χ3v) is 10.8. The molecule has 3 rings (SSSR count). The average Bonchev–Trinajstić information content (AvgIpc) is 3.18. The molecular formula is C45H70Br3O5P. The summed E-state index contributed by atoms with van der Waals surface area (Å²) >= 11 is 6.78. The van der Waals surface area contributed by atoms with Crippen LogP contribution in [0.4, 0.5) is 0 Å². The van der Waals surface area contributed by atoms with E-state index in [1.54, 1.807) is 0 Å². The topological polar surface area (TPSA) is 94.8 Å². The highest BCUT2D eigenvalue weighted by Gasteiger charge is 1.98. The lowest BCUT2D eigenvalue weighted by atomic mass is 10.1. The van der Waals surface area contributed by atoms with Crippen LogP contribution in [0.2, 0.25) is 0 Å². The second-order valence-electron chi connectivity index (χ2n) is 13.1. The van der Waals surface area contributed by atoms with Crippen molar-refractivity contribution >= 4 is 74.7 Å². The van der Waals surface area contributed by atoms with Gasteiger partial charge in [-0.1, -0.05) is 215 Å². The Balaban J connectivity index is 0. The molecule has 3 aromatic rings. The molecule has 1 atom stereocenters. The number of aliphatic carboxylic acids is 2. The van der Waals surface area contributed by atoms with Gasteiger partial charge in [-0.2, -0.15) is 0 Å². The van der Waals surface area contributed by atoms with E-state index < -0.39 is 11.9 Å². The fraction of sp³-hybridized carbons (Fsp3) is 0.556. The highest BCUT2D eigenvalue weighted by atomic mass is 79.9. The minimum atomic E-state index is -0.671. The predicted molar refractivity (Wildman–Crippen MR) is 248 cm³/mol. The molecule has 0 saturated carbocycles. The van der Waals surface area contributed by atoms with E-state index in [-0.39, 0.29) is 17.0 Å². The Morgan fingerprint density at radius 1 is 0.444 bits per heavy atom. The van der Waals surface area contributed by atoms with Crippen molar-refractivity contribution in [2.75, 3.05) is 23.4 Å². The molecule has 306 valence electrons. The zero-order valence-corrected chi connectivity index (χ0v) is 38.5. The summed E-state index contributed by atoms with van der Waals surface area (Å²) in [5.74, 6) is -1.34. The molecule has 0 spiro atoms. The van der Waals surface area contributed by atoms with Crippen molar-refractivity contribution in [2.24, 2.45) is 0 Å². The van der Waals surface area contributed by atoms with Gasteiger partial charge in [0.05, 0.1) is 0 Å². The first-order valence-corrected chi connectivity index (χ1v) is 23.4. The summed E-state index contributed by atoms with van der Waals surface area (Å²) in [6.45, 7) is 0.363. The standard InChI is InChI=1S/C15H23O2P.C12H10.C9H17BrO2.C9H19BrO.BrH/c16-15(17)12-8-3-1-2-4-9-13-18-14-10-6-5-7-11-14;1-3-7-11(8-4-1)12-9-5-2-6-10-12;10-8-6-4-2-1-3-5-7-9(11)12;10-8-6-4-2-1-3-5-7-9-11;/h5-7,10-11,18H,1-4,8-9,12-13H2,(H,16,17);1-10H;1-8H2,(H,11,12);11H,1-9H2;1H. The van der Waals surface area contributed by atoms with Gasteiger partial charge in [0, 0.05) is 30.1 Å². The SMILES string of the molecule is Br.O=C(O)CCCCCCCCBr.O=C(O)CCCCCCCCPc1ccccc1.OCCCCCCCCCBr.c1ccc(-c2ccccc2)cc1. The van der Waals surface area contributed by atoms with Gasteiger partial charge >= 0.3 is 11.9 Å². The summed E-state index contributed by atoms with van der Waals surface area (Å²) in [5, 5.41) is 29.0. The molecule has 0 aromatic heterocycles. The highest BCUT2D eigenvalue weighted by Crippen LogP contribution is 2.17. The molecule has 0 radical (unpaired) electrons. The molecule has 3 N–H and O–H groups in total. The summed E-state index contributed by atoms with van der Waals surface area (Å²) in [6, 6.07) is 31.4. The van der Waals surface area contributed by atoms with E-state index >= 15 is 0 Å². The van der Waals surface area contributed by atoms with Gasteiger partial charge < -0.3 is 15.3 Å². The number of carboxylic acids is 2. The maximum Gasteiger partial charge on any atom is 0.303 e. The normalized spacial score (nSPS) is 10.2. The van der Waals surface area contributed by atoms with Gasteiger partial charge in [-0.15, -0.1) is 17.0 Å². The Hall–Kier alpha value is -1.57. The summed E-state index contributed by atoms with van der Waals surface area (Å²) < 4.78 is 0. The van der Waals surface area contributed by atoms with Crippen molar-refractivity contribution < 1.29 is 24.9 Å². The van der Waals surface area contributed by atoms with Crippen LogP contribution in [0, 0.1) is 0 Å². The van der Waals surface area contributed by atoms with Crippen LogP contribution in [-0.4, -0.2) is 50.7 Å². The van der Waals surface area contributed by atoms with Gasteiger partial charge in [0.25, 0.3) is 0 Å². The quantitative estimate of drug-likeness (QED) is 0.0402.